The summed E-state index contributed by atoms with van der Waals surface area (Å²) in [5.41, 5.74) is 0. The maximum atomic E-state index is 11.7. The molecule has 0 spiro atoms. The van der Waals surface area contributed by atoms with Crippen LogP contribution in [-0.2, 0) is 9.53 Å². The smallest absolute Gasteiger partial charge is 0.322 e. The van der Waals surface area contributed by atoms with Crippen molar-refractivity contribution in [2.45, 2.75) is 18.5 Å². The average molecular weight is 238 g/mol. The molecule has 1 fully saturated rings. The average Bonchev–Trinajstić information content (AvgIpc) is 2.98. The number of methoxy groups -OCH3 is 1. The van der Waals surface area contributed by atoms with Crippen LogP contribution in [0.25, 0.3) is 0 Å². The summed E-state index contributed by atoms with van der Waals surface area (Å²) in [6, 6.07) is 2.81. The minimum atomic E-state index is -0.345. The second-order valence-electron chi connectivity index (χ2n) is 3.87. The number of hydrogen-bond acceptors (Lipinski definition) is 5. The minimum Gasteiger partial charge on any atom is -0.468 e. The van der Waals surface area contributed by atoms with Crippen LogP contribution in [0.15, 0.2) is 22.8 Å². The first kappa shape index (κ1) is 11.7. The Labute approximate surface area is 98.3 Å². The quantitative estimate of drug-likeness (QED) is 0.719. The van der Waals surface area contributed by atoms with Crippen LogP contribution in [0.1, 0.15) is 17.0 Å². The first-order valence-electron chi connectivity index (χ1n) is 5.36. The molecule has 1 aromatic rings. The maximum absolute atomic E-state index is 11.7. The summed E-state index contributed by atoms with van der Waals surface area (Å²) in [6.07, 6.45) is 1.97. The molecule has 2 N–H and O–H groups in total. The fourth-order valence-corrected chi connectivity index (χ4v) is 1.83. The van der Waals surface area contributed by atoms with E-state index in [0.29, 0.717) is 13.0 Å². The zero-order valence-electron chi connectivity index (χ0n) is 9.43. The van der Waals surface area contributed by atoms with Crippen LogP contribution in [-0.4, -0.2) is 37.6 Å². The minimum absolute atomic E-state index is 0.0864. The van der Waals surface area contributed by atoms with Gasteiger partial charge in [-0.05, 0) is 18.6 Å². The van der Waals surface area contributed by atoms with Gasteiger partial charge in [0.25, 0.3) is 5.91 Å². The predicted octanol–water partition coefficient (Wildman–Crippen LogP) is -0.0871. The second-order valence-corrected chi connectivity index (χ2v) is 3.87. The summed E-state index contributed by atoms with van der Waals surface area (Å²) in [5, 5.41) is 5.78. The van der Waals surface area contributed by atoms with E-state index >= 15 is 0 Å². The lowest BCUT2D eigenvalue weighted by atomic mass is 10.1. The first-order valence-corrected chi connectivity index (χ1v) is 5.36. The van der Waals surface area contributed by atoms with Crippen molar-refractivity contribution in [1.82, 2.24) is 10.6 Å². The van der Waals surface area contributed by atoms with Crippen LogP contribution in [0, 0.1) is 0 Å². The molecule has 0 saturated carbocycles. The number of furan rings is 1. The molecule has 6 heteroatoms. The molecule has 1 aliphatic rings. The fraction of sp³-hybridized carbons (Fsp3) is 0.455. The zero-order chi connectivity index (χ0) is 12.3. The lowest BCUT2D eigenvalue weighted by Crippen LogP contribution is -2.35. The van der Waals surface area contributed by atoms with E-state index in [0.717, 1.165) is 0 Å². The Kier molecular flexibility index (Phi) is 3.43. The summed E-state index contributed by atoms with van der Waals surface area (Å²) >= 11 is 0. The Morgan fingerprint density at radius 1 is 1.59 bits per heavy atom. The van der Waals surface area contributed by atoms with Crippen molar-refractivity contribution < 1.29 is 18.7 Å². The number of amides is 1. The van der Waals surface area contributed by atoms with Gasteiger partial charge in [-0.25, -0.2) is 0 Å². The number of rotatable bonds is 3. The third kappa shape index (κ3) is 2.65. The highest BCUT2D eigenvalue weighted by molar-refractivity contribution is 5.91. The molecular formula is C11H14N2O4. The number of esters is 1. The summed E-state index contributed by atoms with van der Waals surface area (Å²) in [5.74, 6) is -0.307. The Balaban J connectivity index is 1.86. The van der Waals surface area contributed by atoms with E-state index in [4.69, 9.17) is 4.42 Å². The molecule has 0 aliphatic carbocycles. The SMILES string of the molecule is COC(=O)[C@@H]1C[C@H](NC(=O)c2ccco2)CN1. The number of ether oxygens (including phenoxy) is 1. The number of carbonyl (C=O) groups excluding carboxylic acids is 2. The van der Waals surface area contributed by atoms with Crippen LogP contribution in [0.3, 0.4) is 0 Å². The third-order valence-electron chi connectivity index (χ3n) is 2.70. The van der Waals surface area contributed by atoms with Crippen molar-refractivity contribution in [3.05, 3.63) is 24.2 Å². The molecule has 92 valence electrons. The highest BCUT2D eigenvalue weighted by atomic mass is 16.5. The van der Waals surface area contributed by atoms with Crippen molar-refractivity contribution in [2.24, 2.45) is 0 Å². The van der Waals surface area contributed by atoms with Crippen molar-refractivity contribution in [2.75, 3.05) is 13.7 Å². The van der Waals surface area contributed by atoms with Crippen LogP contribution in [0.4, 0.5) is 0 Å². The van der Waals surface area contributed by atoms with Crippen molar-refractivity contribution in [3.63, 3.8) is 0 Å². The number of carbonyl (C=O) groups is 2. The van der Waals surface area contributed by atoms with Gasteiger partial charge in [0.1, 0.15) is 6.04 Å². The monoisotopic (exact) mass is 238 g/mol. The maximum Gasteiger partial charge on any atom is 0.322 e. The molecule has 1 amide bonds. The molecule has 2 heterocycles. The van der Waals surface area contributed by atoms with Gasteiger partial charge >= 0.3 is 5.97 Å². The fourth-order valence-electron chi connectivity index (χ4n) is 1.83. The van der Waals surface area contributed by atoms with E-state index in [-0.39, 0.29) is 29.7 Å². The Morgan fingerprint density at radius 2 is 2.41 bits per heavy atom. The molecule has 2 rings (SSSR count). The van der Waals surface area contributed by atoms with E-state index < -0.39 is 0 Å². The van der Waals surface area contributed by atoms with Gasteiger partial charge in [-0.1, -0.05) is 0 Å². The molecule has 0 unspecified atom stereocenters. The molecule has 6 nitrogen and oxygen atoms in total. The van der Waals surface area contributed by atoms with Gasteiger partial charge in [-0.15, -0.1) is 0 Å². The van der Waals surface area contributed by atoms with Gasteiger partial charge in [0.15, 0.2) is 5.76 Å². The van der Waals surface area contributed by atoms with E-state index in [9.17, 15) is 9.59 Å². The largest absolute Gasteiger partial charge is 0.468 e. The van der Waals surface area contributed by atoms with Crippen LogP contribution in [0.2, 0.25) is 0 Å². The van der Waals surface area contributed by atoms with Crippen molar-refractivity contribution in [3.8, 4) is 0 Å². The second kappa shape index (κ2) is 5.01. The van der Waals surface area contributed by atoms with Gasteiger partial charge < -0.3 is 19.8 Å². The van der Waals surface area contributed by atoms with Gasteiger partial charge in [-0.3, -0.25) is 9.59 Å². The summed E-state index contributed by atoms with van der Waals surface area (Å²) in [6.45, 7) is 0.548. The normalized spacial score (nSPS) is 23.4. The van der Waals surface area contributed by atoms with Gasteiger partial charge in [0, 0.05) is 12.6 Å². The Hall–Kier alpha value is -1.82. The lowest BCUT2D eigenvalue weighted by molar-refractivity contribution is -0.142. The molecule has 1 aromatic heterocycles. The summed E-state index contributed by atoms with van der Waals surface area (Å²) in [4.78, 5) is 22.9. The van der Waals surface area contributed by atoms with E-state index in [1.807, 2.05) is 0 Å². The van der Waals surface area contributed by atoms with E-state index in [1.165, 1.54) is 13.4 Å². The predicted molar refractivity (Wildman–Crippen MR) is 58.4 cm³/mol. The standard InChI is InChI=1S/C11H14N2O4/c1-16-11(15)8-5-7(6-12-8)13-10(14)9-3-2-4-17-9/h2-4,7-8,12H,5-6H2,1H3,(H,13,14)/t7-,8-/m0/s1. The third-order valence-corrected chi connectivity index (χ3v) is 2.70. The first-order chi connectivity index (χ1) is 8.20. The lowest BCUT2D eigenvalue weighted by Gasteiger charge is -2.10. The van der Waals surface area contributed by atoms with Crippen molar-refractivity contribution in [1.29, 1.82) is 0 Å². The van der Waals surface area contributed by atoms with Crippen LogP contribution < -0.4 is 10.6 Å². The van der Waals surface area contributed by atoms with E-state index in [2.05, 4.69) is 15.4 Å². The van der Waals surface area contributed by atoms with Crippen LogP contribution >= 0.6 is 0 Å². The summed E-state index contributed by atoms with van der Waals surface area (Å²) in [7, 11) is 1.35. The molecule has 17 heavy (non-hydrogen) atoms. The number of nitrogens with one attached hydrogen (secondary N) is 2. The van der Waals surface area contributed by atoms with E-state index in [1.54, 1.807) is 12.1 Å². The molecule has 0 radical (unpaired) electrons. The molecule has 1 aliphatic heterocycles. The Morgan fingerprint density at radius 3 is 3.06 bits per heavy atom. The zero-order valence-corrected chi connectivity index (χ0v) is 9.43. The molecular weight excluding hydrogens is 224 g/mol. The van der Waals surface area contributed by atoms with Crippen LogP contribution in [0.5, 0.6) is 0 Å². The van der Waals surface area contributed by atoms with Crippen molar-refractivity contribution >= 4 is 11.9 Å². The Bertz CT molecular complexity index is 402. The summed E-state index contributed by atoms with van der Waals surface area (Å²) < 4.78 is 9.60. The van der Waals surface area contributed by atoms with Gasteiger partial charge in [-0.2, -0.15) is 0 Å². The van der Waals surface area contributed by atoms with Gasteiger partial charge in [0.2, 0.25) is 0 Å². The van der Waals surface area contributed by atoms with Gasteiger partial charge in [0.05, 0.1) is 13.4 Å². The highest BCUT2D eigenvalue weighted by Crippen LogP contribution is 2.09. The molecule has 1 saturated heterocycles. The number of hydrogen-bond donors (Lipinski definition) is 2. The molecule has 0 bridgehead atoms. The highest BCUT2D eigenvalue weighted by Gasteiger charge is 2.31. The molecule has 2 atom stereocenters. The molecule has 0 aromatic carbocycles. The topological polar surface area (TPSA) is 80.6 Å².